The quantitative estimate of drug-likeness (QED) is 0.579. The van der Waals surface area contributed by atoms with E-state index in [4.69, 9.17) is 4.74 Å². The molecule has 1 N–H and O–H groups in total. The molecule has 0 saturated carbocycles. The number of nitrogens with zero attached hydrogens (tertiary/aromatic N) is 4. The second-order valence-corrected chi connectivity index (χ2v) is 7.68. The highest BCUT2D eigenvalue weighted by Crippen LogP contribution is 2.38. The van der Waals surface area contributed by atoms with Crippen LogP contribution in [-0.2, 0) is 14.3 Å². The second kappa shape index (κ2) is 9.23. The van der Waals surface area contributed by atoms with Crippen molar-refractivity contribution >= 4 is 23.5 Å². The van der Waals surface area contributed by atoms with E-state index >= 15 is 0 Å². The molecule has 1 amide bonds. The number of aryl methyl sites for hydroxylation is 1. The first kappa shape index (κ1) is 22.2. The number of aromatic nitrogens is 3. The Kier molecular flexibility index (Phi) is 6.21. The van der Waals surface area contributed by atoms with Crippen LogP contribution in [0.2, 0.25) is 0 Å². The number of hydrogen-bond acceptors (Lipinski definition) is 6. The van der Waals surface area contributed by atoms with Crippen LogP contribution < -0.4 is 10.2 Å². The number of hydrogen-bond donors (Lipinski definition) is 1. The Morgan fingerprint density at radius 1 is 1.15 bits per heavy atom. The number of halogens is 1. The van der Waals surface area contributed by atoms with E-state index in [2.05, 4.69) is 15.4 Å². The minimum absolute atomic E-state index is 0.148. The Bertz CT molecular complexity index is 1220. The van der Waals surface area contributed by atoms with E-state index < -0.39 is 23.7 Å². The number of allylic oxidation sites excluding steroid dienone is 1. The number of anilines is 2. The number of amides is 1. The summed E-state index contributed by atoms with van der Waals surface area (Å²) in [5, 5.41) is 7.03. The fourth-order valence-electron chi connectivity index (χ4n) is 3.86. The molecule has 1 aliphatic heterocycles. The lowest BCUT2D eigenvalue weighted by Gasteiger charge is -2.35. The molecule has 3 aromatic rings. The van der Waals surface area contributed by atoms with Crippen molar-refractivity contribution in [1.29, 1.82) is 0 Å². The van der Waals surface area contributed by atoms with Crippen LogP contribution in [0.15, 0.2) is 66.1 Å². The number of esters is 1. The number of carbonyl (C=O) groups is 2. The zero-order valence-electron chi connectivity index (χ0n) is 18.6. The maximum absolute atomic E-state index is 13.5. The molecule has 0 radical (unpaired) electrons. The molecule has 9 heteroatoms. The molecule has 1 aliphatic rings. The summed E-state index contributed by atoms with van der Waals surface area (Å²) in [6, 6.07) is 12.9. The van der Waals surface area contributed by atoms with E-state index in [1.807, 2.05) is 31.2 Å². The molecule has 8 nitrogen and oxygen atoms in total. The van der Waals surface area contributed by atoms with Gasteiger partial charge in [-0.25, -0.2) is 13.9 Å². The maximum atomic E-state index is 13.5. The molecule has 0 bridgehead atoms. The van der Waals surface area contributed by atoms with Crippen LogP contribution in [0.5, 0.6) is 0 Å². The van der Waals surface area contributed by atoms with Gasteiger partial charge in [0.05, 0.1) is 12.2 Å². The van der Waals surface area contributed by atoms with Crippen molar-refractivity contribution in [2.24, 2.45) is 0 Å². The molecule has 0 fully saturated rings. The van der Waals surface area contributed by atoms with Crippen LogP contribution in [0.1, 0.15) is 31.0 Å². The lowest BCUT2D eigenvalue weighted by Crippen LogP contribution is -2.40. The molecule has 0 saturated heterocycles. The molecular weight excluding hydrogens is 425 g/mol. The van der Waals surface area contributed by atoms with E-state index in [0.29, 0.717) is 22.9 Å². The smallest absolute Gasteiger partial charge is 0.338 e. The Morgan fingerprint density at radius 2 is 1.91 bits per heavy atom. The lowest BCUT2D eigenvalue weighted by atomic mass is 9.94. The molecular formula is C24H24FN5O3. The minimum atomic E-state index is -0.551. The predicted molar refractivity (Wildman–Crippen MR) is 121 cm³/mol. The third kappa shape index (κ3) is 4.48. The summed E-state index contributed by atoms with van der Waals surface area (Å²) in [7, 11) is 0. The first-order valence-electron chi connectivity index (χ1n) is 10.6. The van der Waals surface area contributed by atoms with Crippen LogP contribution in [0.3, 0.4) is 0 Å². The summed E-state index contributed by atoms with van der Waals surface area (Å²) < 4.78 is 20.5. The largest absolute Gasteiger partial charge is 0.463 e. The number of ether oxygens (including phenoxy) is 1. The number of nitrogens with one attached hydrogen (secondary N) is 1. The monoisotopic (exact) mass is 449 g/mol. The standard InChI is InChI=1S/C24H24FN5O3/c1-4-33-23(32)21-16(3)29(13-20(31)28-19-7-5-6-18(25)12-19)24-26-14-27-30(24)22(21)17-10-8-15(2)9-11-17/h5-12,14,22H,4,13H2,1-3H3,(H,28,31)/t22-/m1/s1. The van der Waals surface area contributed by atoms with Gasteiger partial charge >= 0.3 is 5.97 Å². The van der Waals surface area contributed by atoms with Crippen LogP contribution in [0, 0.1) is 12.7 Å². The third-order valence-corrected chi connectivity index (χ3v) is 5.41. The molecule has 4 rings (SSSR count). The summed E-state index contributed by atoms with van der Waals surface area (Å²) in [5.41, 5.74) is 3.18. The summed E-state index contributed by atoms with van der Waals surface area (Å²) in [5.74, 6) is -0.920. The van der Waals surface area contributed by atoms with Crippen molar-refractivity contribution in [1.82, 2.24) is 14.8 Å². The van der Waals surface area contributed by atoms with Crippen molar-refractivity contribution in [3.8, 4) is 0 Å². The van der Waals surface area contributed by atoms with E-state index in [1.54, 1.807) is 29.5 Å². The highest BCUT2D eigenvalue weighted by Gasteiger charge is 2.38. The number of carbonyl (C=O) groups excluding carboxylic acids is 2. The van der Waals surface area contributed by atoms with Gasteiger partial charge in [-0.05, 0) is 44.5 Å². The molecule has 170 valence electrons. The predicted octanol–water partition coefficient (Wildman–Crippen LogP) is 3.61. The fourth-order valence-corrected chi connectivity index (χ4v) is 3.86. The minimum Gasteiger partial charge on any atom is -0.463 e. The Morgan fingerprint density at radius 3 is 2.61 bits per heavy atom. The normalized spacial score (nSPS) is 15.3. The van der Waals surface area contributed by atoms with Gasteiger partial charge in [0.2, 0.25) is 11.9 Å². The van der Waals surface area contributed by atoms with Crippen molar-refractivity contribution in [3.05, 3.63) is 83.1 Å². The lowest BCUT2D eigenvalue weighted by molar-refractivity contribution is -0.139. The summed E-state index contributed by atoms with van der Waals surface area (Å²) in [4.78, 5) is 31.8. The van der Waals surface area contributed by atoms with E-state index in [1.165, 1.54) is 24.5 Å². The van der Waals surface area contributed by atoms with Crippen molar-refractivity contribution < 1.29 is 18.7 Å². The van der Waals surface area contributed by atoms with E-state index in [9.17, 15) is 14.0 Å². The van der Waals surface area contributed by atoms with Crippen LogP contribution in [0.4, 0.5) is 16.0 Å². The third-order valence-electron chi connectivity index (χ3n) is 5.41. The number of fused-ring (bicyclic) bond motifs is 1. The summed E-state index contributed by atoms with van der Waals surface area (Å²) in [6.45, 7) is 5.53. The number of benzene rings is 2. The molecule has 33 heavy (non-hydrogen) atoms. The van der Waals surface area contributed by atoms with Crippen molar-refractivity contribution in [3.63, 3.8) is 0 Å². The van der Waals surface area contributed by atoms with Gasteiger partial charge in [0.1, 0.15) is 24.7 Å². The fraction of sp³-hybridized carbons (Fsp3) is 0.250. The van der Waals surface area contributed by atoms with Gasteiger partial charge in [-0.15, -0.1) is 0 Å². The van der Waals surface area contributed by atoms with Gasteiger partial charge in [-0.1, -0.05) is 35.9 Å². The van der Waals surface area contributed by atoms with Gasteiger partial charge in [0, 0.05) is 11.4 Å². The van der Waals surface area contributed by atoms with Crippen LogP contribution >= 0.6 is 0 Å². The zero-order valence-corrected chi connectivity index (χ0v) is 18.6. The molecule has 2 heterocycles. The first-order valence-corrected chi connectivity index (χ1v) is 10.6. The summed E-state index contributed by atoms with van der Waals surface area (Å²) >= 11 is 0. The van der Waals surface area contributed by atoms with Crippen molar-refractivity contribution in [2.75, 3.05) is 23.4 Å². The van der Waals surface area contributed by atoms with Crippen LogP contribution in [0.25, 0.3) is 0 Å². The topological polar surface area (TPSA) is 89.3 Å². The summed E-state index contributed by atoms with van der Waals surface area (Å²) in [6.07, 6.45) is 1.38. The van der Waals surface area contributed by atoms with Gasteiger partial charge < -0.3 is 15.0 Å². The highest BCUT2D eigenvalue weighted by atomic mass is 19.1. The average Bonchev–Trinajstić information content (AvgIpc) is 3.25. The average molecular weight is 449 g/mol. The molecule has 0 unspecified atom stereocenters. The van der Waals surface area contributed by atoms with Crippen LogP contribution in [-0.4, -0.2) is 39.8 Å². The first-order chi connectivity index (χ1) is 15.9. The van der Waals surface area contributed by atoms with Crippen molar-refractivity contribution in [2.45, 2.75) is 26.8 Å². The maximum Gasteiger partial charge on any atom is 0.338 e. The molecule has 1 atom stereocenters. The molecule has 2 aromatic carbocycles. The Balaban J connectivity index is 1.73. The van der Waals surface area contributed by atoms with Gasteiger partial charge in [0.25, 0.3) is 0 Å². The Hall–Kier alpha value is -4.01. The van der Waals surface area contributed by atoms with E-state index in [0.717, 1.165) is 11.1 Å². The zero-order chi connectivity index (χ0) is 23.5. The second-order valence-electron chi connectivity index (χ2n) is 7.68. The molecule has 1 aromatic heterocycles. The molecule has 0 aliphatic carbocycles. The number of rotatable bonds is 6. The van der Waals surface area contributed by atoms with Gasteiger partial charge in [0.15, 0.2) is 0 Å². The SMILES string of the molecule is CCOC(=O)C1=C(C)N(CC(=O)Nc2cccc(F)c2)c2ncnn2[C@@H]1c1ccc(C)cc1. The Labute approximate surface area is 190 Å². The van der Waals surface area contributed by atoms with Gasteiger partial charge in [-0.2, -0.15) is 10.1 Å². The highest BCUT2D eigenvalue weighted by molar-refractivity contribution is 5.96. The van der Waals surface area contributed by atoms with Gasteiger partial charge in [-0.3, -0.25) is 4.79 Å². The molecule has 0 spiro atoms. The van der Waals surface area contributed by atoms with E-state index in [-0.39, 0.29) is 13.2 Å².